The Morgan fingerprint density at radius 3 is 2.49 bits per heavy atom. The van der Waals surface area contributed by atoms with Gasteiger partial charge in [-0.15, -0.1) is 0 Å². The first-order valence-corrected chi connectivity index (χ1v) is 13.0. The molecule has 4 atom stereocenters. The van der Waals surface area contributed by atoms with Crippen LogP contribution >= 0.6 is 0 Å². The lowest BCUT2D eigenvalue weighted by Crippen LogP contribution is -2.54. The summed E-state index contributed by atoms with van der Waals surface area (Å²) in [4.78, 5) is 53.4. The predicted molar refractivity (Wildman–Crippen MR) is 143 cm³/mol. The number of primary amides is 1. The molecule has 9 heteroatoms. The van der Waals surface area contributed by atoms with Gasteiger partial charge >= 0.3 is 6.09 Å². The number of unbranched alkanes of at least 4 members (excludes halogenated alkanes) is 1. The first-order valence-electron chi connectivity index (χ1n) is 13.0. The monoisotopic (exact) mass is 514 g/mol. The zero-order valence-electron chi connectivity index (χ0n) is 22.7. The van der Waals surface area contributed by atoms with Crippen molar-refractivity contribution in [3.05, 3.63) is 42.0 Å². The first kappa shape index (κ1) is 29.9. The highest BCUT2D eigenvalue weighted by atomic mass is 16.6. The summed E-state index contributed by atoms with van der Waals surface area (Å²) in [5, 5.41) is 5.59. The van der Waals surface area contributed by atoms with Crippen LogP contribution in [0.15, 0.2) is 30.8 Å². The number of hydrogen-bond acceptors (Lipinski definition) is 5. The van der Waals surface area contributed by atoms with E-state index in [9.17, 15) is 19.2 Å². The minimum atomic E-state index is -1.09. The minimum absolute atomic E-state index is 0.0120. The van der Waals surface area contributed by atoms with Crippen LogP contribution in [0.3, 0.4) is 0 Å². The molecule has 1 aliphatic rings. The molecule has 0 heterocycles. The maximum atomic E-state index is 14.1. The third-order valence-electron chi connectivity index (χ3n) is 6.17. The molecule has 1 aromatic carbocycles. The predicted octanol–water partition coefficient (Wildman–Crippen LogP) is 3.68. The van der Waals surface area contributed by atoms with Crippen LogP contribution in [0.5, 0.6) is 0 Å². The number of ether oxygens (including phenoxy) is 1. The van der Waals surface area contributed by atoms with Crippen molar-refractivity contribution in [1.29, 1.82) is 0 Å². The molecule has 2 rings (SSSR count). The number of benzene rings is 1. The molecule has 4 amide bonds. The van der Waals surface area contributed by atoms with E-state index in [0.717, 1.165) is 24.8 Å². The van der Waals surface area contributed by atoms with Gasteiger partial charge in [-0.2, -0.15) is 0 Å². The smallest absolute Gasteiger partial charge is 0.408 e. The zero-order valence-corrected chi connectivity index (χ0v) is 22.7. The van der Waals surface area contributed by atoms with Gasteiger partial charge in [0.05, 0.1) is 0 Å². The topological polar surface area (TPSA) is 131 Å². The summed E-state index contributed by atoms with van der Waals surface area (Å²) < 4.78 is 5.36. The molecule has 0 spiro atoms. The lowest BCUT2D eigenvalue weighted by molar-refractivity contribution is -0.143. The fraction of sp³-hybridized carbons (Fsp3) is 0.571. The number of carbonyl (C=O) groups excluding carboxylic acids is 4. The van der Waals surface area contributed by atoms with Gasteiger partial charge in [-0.3, -0.25) is 14.4 Å². The Morgan fingerprint density at radius 1 is 1.27 bits per heavy atom. The molecule has 0 bridgehead atoms. The van der Waals surface area contributed by atoms with Crippen LogP contribution in [-0.4, -0.2) is 52.9 Å². The molecule has 37 heavy (non-hydrogen) atoms. The molecule has 0 aromatic heterocycles. The number of alkyl carbamates (subject to hydrolysis) is 1. The quantitative estimate of drug-likeness (QED) is 0.346. The van der Waals surface area contributed by atoms with Gasteiger partial charge in [0, 0.05) is 19.0 Å². The Balaban J connectivity index is 2.49. The average Bonchev–Trinajstić information content (AvgIpc) is 3.54. The summed E-state index contributed by atoms with van der Waals surface area (Å²) >= 11 is 0. The Kier molecular flexibility index (Phi) is 10.7. The van der Waals surface area contributed by atoms with E-state index in [2.05, 4.69) is 17.2 Å². The fourth-order valence-corrected chi connectivity index (χ4v) is 4.13. The van der Waals surface area contributed by atoms with E-state index in [1.165, 1.54) is 0 Å². The van der Waals surface area contributed by atoms with E-state index in [4.69, 9.17) is 10.5 Å². The van der Waals surface area contributed by atoms with Crippen LogP contribution in [-0.2, 0) is 19.1 Å². The molecule has 204 valence electrons. The van der Waals surface area contributed by atoms with Gasteiger partial charge in [-0.25, -0.2) is 4.79 Å². The zero-order chi connectivity index (χ0) is 27.8. The van der Waals surface area contributed by atoms with Crippen molar-refractivity contribution >= 4 is 29.9 Å². The van der Waals surface area contributed by atoms with Crippen LogP contribution < -0.4 is 16.4 Å². The molecule has 4 N–H and O–H groups in total. The molecular formula is C28H42N4O5. The number of rotatable bonds is 13. The third-order valence-corrected chi connectivity index (χ3v) is 6.17. The van der Waals surface area contributed by atoms with Gasteiger partial charge in [-0.1, -0.05) is 51.1 Å². The molecule has 1 fully saturated rings. The van der Waals surface area contributed by atoms with Gasteiger partial charge in [0.2, 0.25) is 17.7 Å². The van der Waals surface area contributed by atoms with Crippen LogP contribution in [0.4, 0.5) is 4.79 Å². The van der Waals surface area contributed by atoms with Gasteiger partial charge in [-0.05, 0) is 63.1 Å². The van der Waals surface area contributed by atoms with Gasteiger partial charge in [0.15, 0.2) is 0 Å². The van der Waals surface area contributed by atoms with Crippen LogP contribution in [0.2, 0.25) is 0 Å². The second kappa shape index (κ2) is 13.3. The Bertz CT molecular complexity index is 987. The van der Waals surface area contributed by atoms with E-state index < -0.39 is 35.6 Å². The molecule has 1 aliphatic carbocycles. The van der Waals surface area contributed by atoms with Crippen molar-refractivity contribution in [3.63, 3.8) is 0 Å². The largest absolute Gasteiger partial charge is 0.444 e. The average molecular weight is 515 g/mol. The lowest BCUT2D eigenvalue weighted by Gasteiger charge is -2.35. The Labute approximate surface area is 220 Å². The molecule has 9 nitrogen and oxygen atoms in total. The van der Waals surface area contributed by atoms with Crippen molar-refractivity contribution in [2.75, 3.05) is 6.54 Å². The minimum Gasteiger partial charge on any atom is -0.444 e. The number of hydrogen-bond donors (Lipinski definition) is 3. The van der Waals surface area contributed by atoms with Crippen LogP contribution in [0.25, 0.3) is 6.08 Å². The fourth-order valence-electron chi connectivity index (χ4n) is 4.13. The van der Waals surface area contributed by atoms with E-state index in [1.54, 1.807) is 31.7 Å². The molecule has 0 saturated heterocycles. The SMILES string of the molecule is C=Cc1cccc(C(C(=O)NCCCC)N(C(=O)C(CCC(N)=O)NC(=O)OC(C)(C)C)C2CC2C)c1. The second-order valence-electron chi connectivity index (χ2n) is 10.7. The number of nitrogens with one attached hydrogen (secondary N) is 2. The van der Waals surface area contributed by atoms with E-state index >= 15 is 0 Å². The molecule has 1 saturated carbocycles. The van der Waals surface area contributed by atoms with Crippen molar-refractivity contribution in [1.82, 2.24) is 15.5 Å². The van der Waals surface area contributed by atoms with E-state index in [-0.39, 0.29) is 30.7 Å². The number of carbonyl (C=O) groups is 4. The van der Waals surface area contributed by atoms with E-state index in [0.29, 0.717) is 12.1 Å². The number of nitrogens with two attached hydrogens (primary N) is 1. The second-order valence-corrected chi connectivity index (χ2v) is 10.7. The van der Waals surface area contributed by atoms with Crippen molar-refractivity contribution in [2.45, 2.75) is 90.4 Å². The Hall–Kier alpha value is -3.36. The highest BCUT2D eigenvalue weighted by molar-refractivity contribution is 5.93. The highest BCUT2D eigenvalue weighted by Crippen LogP contribution is 2.41. The molecule has 0 aliphatic heterocycles. The summed E-state index contributed by atoms with van der Waals surface area (Å²) in [5.74, 6) is -1.17. The summed E-state index contributed by atoms with van der Waals surface area (Å²) in [5.41, 5.74) is 6.04. The summed E-state index contributed by atoms with van der Waals surface area (Å²) in [7, 11) is 0. The van der Waals surface area contributed by atoms with Crippen LogP contribution in [0, 0.1) is 5.92 Å². The number of nitrogens with zero attached hydrogens (tertiary/aromatic N) is 1. The third kappa shape index (κ3) is 9.22. The summed E-state index contributed by atoms with van der Waals surface area (Å²) in [6.07, 6.45) is 3.22. The summed E-state index contributed by atoms with van der Waals surface area (Å²) in [6.45, 7) is 13.5. The molecule has 4 unspecified atom stereocenters. The first-order chi connectivity index (χ1) is 17.4. The summed E-state index contributed by atoms with van der Waals surface area (Å²) in [6, 6.07) is 5.13. The van der Waals surface area contributed by atoms with Gasteiger partial charge < -0.3 is 26.0 Å². The molecular weight excluding hydrogens is 472 g/mol. The normalized spacial score (nSPS) is 18.2. The number of amides is 4. The van der Waals surface area contributed by atoms with Gasteiger partial charge in [0.25, 0.3) is 0 Å². The van der Waals surface area contributed by atoms with E-state index in [1.807, 2.05) is 38.1 Å². The molecule has 1 aromatic rings. The Morgan fingerprint density at radius 2 is 1.95 bits per heavy atom. The highest BCUT2D eigenvalue weighted by Gasteiger charge is 2.48. The lowest BCUT2D eigenvalue weighted by atomic mass is 9.99. The van der Waals surface area contributed by atoms with Crippen molar-refractivity contribution in [2.24, 2.45) is 11.7 Å². The maximum Gasteiger partial charge on any atom is 0.408 e. The van der Waals surface area contributed by atoms with Crippen molar-refractivity contribution in [3.8, 4) is 0 Å². The standard InChI is InChI=1S/C28H42N4O5/c1-7-9-15-30-25(34)24(20-12-10-11-19(8-2)17-20)32(22-16-18(22)3)26(35)21(13-14-23(29)33)31-27(36)37-28(4,5)6/h8,10-12,17-18,21-22,24H,2,7,9,13-16H2,1,3-6H3,(H2,29,33)(H,30,34)(H,31,36). The van der Waals surface area contributed by atoms with Crippen molar-refractivity contribution < 1.29 is 23.9 Å². The maximum absolute atomic E-state index is 14.1. The molecule has 0 radical (unpaired) electrons. The van der Waals surface area contributed by atoms with Crippen LogP contribution in [0.1, 0.15) is 83.9 Å². The van der Waals surface area contributed by atoms with Gasteiger partial charge in [0.1, 0.15) is 17.7 Å².